The summed E-state index contributed by atoms with van der Waals surface area (Å²) in [4.78, 5) is 17.7. The number of nitrogens with zero attached hydrogens (tertiary/aromatic N) is 4. The Hall–Kier alpha value is -2.92. The van der Waals surface area contributed by atoms with E-state index < -0.39 is 0 Å². The van der Waals surface area contributed by atoms with Crippen molar-refractivity contribution in [2.75, 3.05) is 37.6 Å². The number of anilines is 1. The van der Waals surface area contributed by atoms with E-state index in [1.54, 1.807) is 6.20 Å². The first-order valence-electron chi connectivity index (χ1n) is 10.7. The fourth-order valence-corrected chi connectivity index (χ4v) is 4.20. The van der Waals surface area contributed by atoms with Gasteiger partial charge in [-0.15, -0.1) is 0 Å². The molecule has 0 atom stereocenters. The second-order valence-electron chi connectivity index (χ2n) is 8.11. The summed E-state index contributed by atoms with van der Waals surface area (Å²) >= 11 is 0. The predicted octanol–water partition coefficient (Wildman–Crippen LogP) is 4.19. The van der Waals surface area contributed by atoms with E-state index in [4.69, 9.17) is 0 Å². The molecule has 5 heteroatoms. The van der Waals surface area contributed by atoms with Crippen molar-refractivity contribution in [1.82, 2.24) is 14.7 Å². The molecule has 1 aliphatic heterocycles. The highest BCUT2D eigenvalue weighted by Gasteiger charge is 2.21. The van der Waals surface area contributed by atoms with E-state index in [9.17, 15) is 4.79 Å². The molecule has 0 bridgehead atoms. The van der Waals surface area contributed by atoms with E-state index in [2.05, 4.69) is 46.9 Å². The molecule has 1 aromatic heterocycles. The number of carbonyl (C=O) groups excluding carboxylic acids is 1. The minimum Gasteiger partial charge on any atom is -0.369 e. The first-order chi connectivity index (χ1) is 14.5. The van der Waals surface area contributed by atoms with Crippen LogP contribution < -0.4 is 4.90 Å². The monoisotopic (exact) mass is 402 g/mol. The number of rotatable bonds is 6. The predicted molar refractivity (Wildman–Crippen MR) is 122 cm³/mol. The highest BCUT2D eigenvalue weighted by molar-refractivity contribution is 5.97. The molecule has 0 saturated carbocycles. The number of carbonyl (C=O) groups is 1. The standard InChI is InChI=1S/C25H30N4O/c1-19-8-7-11-24(20(19)2)28-16-14-27(15-17-28)13-12-25(30)23-18-26-29(21(23)3)22-9-5-4-6-10-22/h4-11,18H,12-17H2,1-3H3. The van der Waals surface area contributed by atoms with Crippen LogP contribution in [0.25, 0.3) is 5.69 Å². The summed E-state index contributed by atoms with van der Waals surface area (Å²) in [5.74, 6) is 0.173. The van der Waals surface area contributed by atoms with Crippen molar-refractivity contribution in [3.05, 3.63) is 77.1 Å². The molecule has 156 valence electrons. The van der Waals surface area contributed by atoms with Crippen LogP contribution in [0.1, 0.15) is 33.6 Å². The summed E-state index contributed by atoms with van der Waals surface area (Å²) in [7, 11) is 0. The van der Waals surface area contributed by atoms with Gasteiger partial charge in [0.15, 0.2) is 5.78 Å². The zero-order valence-corrected chi connectivity index (χ0v) is 18.1. The molecule has 4 rings (SSSR count). The van der Waals surface area contributed by atoms with Crippen LogP contribution in [0.3, 0.4) is 0 Å². The van der Waals surface area contributed by atoms with Crippen LogP contribution in [-0.2, 0) is 0 Å². The van der Waals surface area contributed by atoms with Crippen molar-refractivity contribution >= 4 is 11.5 Å². The van der Waals surface area contributed by atoms with Crippen LogP contribution in [0.5, 0.6) is 0 Å². The van der Waals surface area contributed by atoms with Gasteiger partial charge in [0.05, 0.1) is 23.1 Å². The quantitative estimate of drug-likeness (QED) is 0.580. The molecule has 30 heavy (non-hydrogen) atoms. The highest BCUT2D eigenvalue weighted by atomic mass is 16.1. The maximum atomic E-state index is 12.8. The average molecular weight is 403 g/mol. The zero-order chi connectivity index (χ0) is 21.1. The minimum atomic E-state index is 0.173. The lowest BCUT2D eigenvalue weighted by atomic mass is 10.1. The molecule has 5 nitrogen and oxygen atoms in total. The van der Waals surface area contributed by atoms with E-state index >= 15 is 0 Å². The maximum Gasteiger partial charge on any atom is 0.167 e. The van der Waals surface area contributed by atoms with Crippen molar-refractivity contribution < 1.29 is 4.79 Å². The molecule has 1 fully saturated rings. The van der Waals surface area contributed by atoms with Gasteiger partial charge in [-0.2, -0.15) is 5.10 Å². The van der Waals surface area contributed by atoms with Gasteiger partial charge in [0.1, 0.15) is 0 Å². The summed E-state index contributed by atoms with van der Waals surface area (Å²) in [6.45, 7) is 11.1. The van der Waals surface area contributed by atoms with E-state index in [0.717, 1.165) is 49.7 Å². The van der Waals surface area contributed by atoms with Gasteiger partial charge in [0.2, 0.25) is 0 Å². The van der Waals surface area contributed by atoms with Crippen LogP contribution in [-0.4, -0.2) is 53.2 Å². The van der Waals surface area contributed by atoms with Crippen molar-refractivity contribution in [1.29, 1.82) is 0 Å². The Morgan fingerprint density at radius 2 is 1.67 bits per heavy atom. The number of Topliss-reactive ketones (excluding diaryl/α,β-unsaturated/α-hetero) is 1. The minimum absolute atomic E-state index is 0.173. The number of hydrogen-bond donors (Lipinski definition) is 0. The fraction of sp³-hybridized carbons (Fsp3) is 0.360. The van der Waals surface area contributed by atoms with Crippen molar-refractivity contribution in [3.8, 4) is 5.69 Å². The average Bonchev–Trinajstić information content (AvgIpc) is 3.16. The van der Waals surface area contributed by atoms with E-state index in [1.807, 2.05) is 41.9 Å². The third-order valence-electron chi connectivity index (χ3n) is 6.26. The molecule has 3 aromatic rings. The Kier molecular flexibility index (Phi) is 6.00. The number of piperazine rings is 1. The second kappa shape index (κ2) is 8.84. The smallest absolute Gasteiger partial charge is 0.167 e. The van der Waals surface area contributed by atoms with Crippen molar-refractivity contribution in [2.24, 2.45) is 0 Å². The lowest BCUT2D eigenvalue weighted by Crippen LogP contribution is -2.47. The van der Waals surface area contributed by atoms with Crippen LogP contribution in [0.15, 0.2) is 54.7 Å². The molecule has 0 N–H and O–H groups in total. The Bertz CT molecular complexity index is 1020. The molecular formula is C25H30N4O. The van der Waals surface area contributed by atoms with Gasteiger partial charge in [0, 0.05) is 44.8 Å². The molecule has 1 aliphatic rings. The summed E-state index contributed by atoms with van der Waals surface area (Å²) in [6, 6.07) is 16.5. The summed E-state index contributed by atoms with van der Waals surface area (Å²) in [6.07, 6.45) is 2.24. The maximum absolute atomic E-state index is 12.8. The molecule has 2 aromatic carbocycles. The lowest BCUT2D eigenvalue weighted by molar-refractivity contribution is 0.0962. The van der Waals surface area contributed by atoms with Gasteiger partial charge in [-0.05, 0) is 50.1 Å². The Morgan fingerprint density at radius 1 is 0.933 bits per heavy atom. The first-order valence-corrected chi connectivity index (χ1v) is 10.7. The molecule has 2 heterocycles. The van der Waals surface area contributed by atoms with Gasteiger partial charge >= 0.3 is 0 Å². The topological polar surface area (TPSA) is 41.4 Å². The van der Waals surface area contributed by atoms with E-state index in [1.165, 1.54) is 16.8 Å². The second-order valence-corrected chi connectivity index (χ2v) is 8.11. The fourth-order valence-electron chi connectivity index (χ4n) is 4.20. The van der Waals surface area contributed by atoms with Gasteiger partial charge in [-0.1, -0.05) is 30.3 Å². The molecule has 0 aliphatic carbocycles. The van der Waals surface area contributed by atoms with Crippen molar-refractivity contribution in [2.45, 2.75) is 27.2 Å². The van der Waals surface area contributed by atoms with Crippen LogP contribution in [0, 0.1) is 20.8 Å². The van der Waals surface area contributed by atoms with Crippen LogP contribution in [0.4, 0.5) is 5.69 Å². The third-order valence-corrected chi connectivity index (χ3v) is 6.26. The van der Waals surface area contributed by atoms with Gasteiger partial charge < -0.3 is 4.90 Å². The third kappa shape index (κ3) is 4.17. The highest BCUT2D eigenvalue weighted by Crippen LogP contribution is 2.24. The van der Waals surface area contributed by atoms with Gasteiger partial charge in [-0.25, -0.2) is 4.68 Å². The Morgan fingerprint density at radius 3 is 2.40 bits per heavy atom. The number of para-hydroxylation sites is 1. The Balaban J connectivity index is 1.32. The Labute approximate surface area is 178 Å². The van der Waals surface area contributed by atoms with Crippen LogP contribution in [0.2, 0.25) is 0 Å². The number of aromatic nitrogens is 2. The summed E-state index contributed by atoms with van der Waals surface area (Å²) in [5, 5.41) is 4.44. The van der Waals surface area contributed by atoms with E-state index in [-0.39, 0.29) is 5.78 Å². The number of aryl methyl sites for hydroxylation is 1. The number of hydrogen-bond acceptors (Lipinski definition) is 4. The largest absolute Gasteiger partial charge is 0.369 e. The zero-order valence-electron chi connectivity index (χ0n) is 18.1. The number of ketones is 1. The van der Waals surface area contributed by atoms with Gasteiger partial charge in [-0.3, -0.25) is 9.69 Å². The molecule has 0 radical (unpaired) electrons. The normalized spacial score (nSPS) is 14.8. The first kappa shape index (κ1) is 20.4. The molecule has 0 spiro atoms. The summed E-state index contributed by atoms with van der Waals surface area (Å²) in [5.41, 5.74) is 6.67. The van der Waals surface area contributed by atoms with Gasteiger partial charge in [0.25, 0.3) is 0 Å². The summed E-state index contributed by atoms with van der Waals surface area (Å²) < 4.78 is 1.84. The SMILES string of the molecule is Cc1cccc(N2CCN(CCC(=O)c3cnn(-c4ccccc4)c3C)CC2)c1C. The molecule has 1 saturated heterocycles. The molecule has 0 unspecified atom stereocenters. The number of benzene rings is 2. The molecular weight excluding hydrogens is 372 g/mol. The van der Waals surface area contributed by atoms with E-state index in [0.29, 0.717) is 6.42 Å². The lowest BCUT2D eigenvalue weighted by Gasteiger charge is -2.37. The van der Waals surface area contributed by atoms with Crippen molar-refractivity contribution in [3.63, 3.8) is 0 Å². The molecule has 0 amide bonds. The van der Waals surface area contributed by atoms with Crippen LogP contribution >= 0.6 is 0 Å².